The van der Waals surface area contributed by atoms with Gasteiger partial charge in [-0.2, -0.15) is 11.3 Å². The average molecular weight is 355 g/mol. The molecule has 3 amide bonds. The summed E-state index contributed by atoms with van der Waals surface area (Å²) in [5, 5.41) is 11.4. The molecule has 1 aromatic heterocycles. The molecule has 7 heteroatoms. The van der Waals surface area contributed by atoms with E-state index in [1.807, 2.05) is 5.38 Å². The zero-order valence-corrected chi connectivity index (χ0v) is 14.2. The summed E-state index contributed by atoms with van der Waals surface area (Å²) in [6.45, 7) is 0.307. The molecular weight excluding hydrogens is 338 g/mol. The lowest BCUT2D eigenvalue weighted by Gasteiger charge is -2.11. The van der Waals surface area contributed by atoms with Crippen LogP contribution in [0, 0.1) is 12.3 Å². The number of benzene rings is 1. The number of anilines is 1. The van der Waals surface area contributed by atoms with Gasteiger partial charge in [-0.05, 0) is 23.6 Å². The lowest BCUT2D eigenvalue weighted by molar-refractivity contribution is -0.116. The first kappa shape index (κ1) is 18.2. The van der Waals surface area contributed by atoms with Gasteiger partial charge in [0.1, 0.15) is 0 Å². The monoisotopic (exact) mass is 355 g/mol. The number of terminal acetylenes is 1. The lowest BCUT2D eigenvalue weighted by Crippen LogP contribution is -2.28. The summed E-state index contributed by atoms with van der Waals surface area (Å²) < 4.78 is 0. The van der Waals surface area contributed by atoms with Gasteiger partial charge < -0.3 is 16.0 Å². The van der Waals surface area contributed by atoms with Crippen molar-refractivity contribution in [3.8, 4) is 12.3 Å². The highest BCUT2D eigenvalue weighted by Gasteiger charge is 2.13. The van der Waals surface area contributed by atoms with Crippen LogP contribution >= 0.6 is 11.3 Å². The Hall–Kier alpha value is -3.11. The third kappa shape index (κ3) is 5.48. The Balaban J connectivity index is 1.87. The number of amides is 3. The van der Waals surface area contributed by atoms with Crippen LogP contribution in [0.2, 0.25) is 0 Å². The third-order valence-corrected chi connectivity index (χ3v) is 3.90. The molecule has 2 rings (SSSR count). The molecule has 0 saturated heterocycles. The van der Waals surface area contributed by atoms with E-state index in [2.05, 4.69) is 21.9 Å². The minimum Gasteiger partial charge on any atom is -0.351 e. The van der Waals surface area contributed by atoms with Gasteiger partial charge in [-0.15, -0.1) is 6.42 Å². The quantitative estimate of drug-likeness (QED) is 0.663. The average Bonchev–Trinajstić information content (AvgIpc) is 3.14. The first-order valence-corrected chi connectivity index (χ1v) is 8.47. The summed E-state index contributed by atoms with van der Waals surface area (Å²) in [7, 11) is 0. The molecule has 0 radical (unpaired) electrons. The molecule has 0 saturated carbocycles. The maximum atomic E-state index is 12.0. The van der Waals surface area contributed by atoms with Crippen molar-refractivity contribution >= 4 is 34.7 Å². The van der Waals surface area contributed by atoms with E-state index in [0.717, 1.165) is 0 Å². The Kier molecular flexibility index (Phi) is 6.75. The van der Waals surface area contributed by atoms with Crippen LogP contribution < -0.4 is 16.0 Å². The molecule has 0 aliphatic carbocycles. The van der Waals surface area contributed by atoms with Crippen molar-refractivity contribution in [2.75, 3.05) is 18.4 Å². The van der Waals surface area contributed by atoms with Crippen LogP contribution in [-0.2, 0) is 4.79 Å². The van der Waals surface area contributed by atoms with Gasteiger partial charge in [-0.25, -0.2) is 0 Å². The molecule has 0 unspecified atom stereocenters. The van der Waals surface area contributed by atoms with E-state index < -0.39 is 0 Å². The molecule has 3 N–H and O–H groups in total. The number of para-hydroxylation sites is 1. The van der Waals surface area contributed by atoms with Crippen LogP contribution in [0.25, 0.3) is 0 Å². The van der Waals surface area contributed by atoms with Crippen molar-refractivity contribution in [3.05, 3.63) is 52.2 Å². The van der Waals surface area contributed by atoms with Crippen molar-refractivity contribution < 1.29 is 14.4 Å². The van der Waals surface area contributed by atoms with Gasteiger partial charge in [0.2, 0.25) is 5.91 Å². The first-order valence-electron chi connectivity index (χ1n) is 7.52. The van der Waals surface area contributed by atoms with Gasteiger partial charge in [0.25, 0.3) is 11.8 Å². The van der Waals surface area contributed by atoms with Crippen LogP contribution in [0.1, 0.15) is 27.1 Å². The third-order valence-electron chi connectivity index (χ3n) is 3.22. The minimum atomic E-state index is -0.361. The summed E-state index contributed by atoms with van der Waals surface area (Å²) in [5.74, 6) is 1.44. The molecule has 0 aliphatic rings. The predicted molar refractivity (Wildman–Crippen MR) is 97.5 cm³/mol. The molecule has 1 heterocycles. The number of carbonyl (C=O) groups is 3. The summed E-state index contributed by atoms with van der Waals surface area (Å²) in [6.07, 6.45) is 5.21. The van der Waals surface area contributed by atoms with Crippen LogP contribution in [0.15, 0.2) is 41.1 Å². The first-order chi connectivity index (χ1) is 12.1. The number of hydrogen-bond acceptors (Lipinski definition) is 4. The van der Waals surface area contributed by atoms with Crippen LogP contribution in [0.5, 0.6) is 0 Å². The number of hydrogen-bond donors (Lipinski definition) is 3. The Labute approximate surface area is 149 Å². The van der Waals surface area contributed by atoms with E-state index in [9.17, 15) is 14.4 Å². The number of rotatable bonds is 7. The smallest absolute Gasteiger partial charge is 0.254 e. The molecule has 25 heavy (non-hydrogen) atoms. The van der Waals surface area contributed by atoms with Gasteiger partial charge in [-0.1, -0.05) is 18.1 Å². The summed E-state index contributed by atoms with van der Waals surface area (Å²) in [5.41, 5.74) is 1.29. The summed E-state index contributed by atoms with van der Waals surface area (Å²) in [6, 6.07) is 8.35. The Bertz CT molecular complexity index is 794. The van der Waals surface area contributed by atoms with Crippen molar-refractivity contribution in [2.24, 2.45) is 0 Å². The van der Waals surface area contributed by atoms with Gasteiger partial charge in [0, 0.05) is 23.9 Å². The molecule has 6 nitrogen and oxygen atoms in total. The second-order valence-electron chi connectivity index (χ2n) is 5.00. The topological polar surface area (TPSA) is 87.3 Å². The van der Waals surface area contributed by atoms with Crippen LogP contribution in [0.3, 0.4) is 0 Å². The Morgan fingerprint density at radius 1 is 1.08 bits per heavy atom. The van der Waals surface area contributed by atoms with E-state index in [-0.39, 0.29) is 37.2 Å². The molecule has 2 aromatic rings. The lowest BCUT2D eigenvalue weighted by atomic mass is 10.1. The summed E-state index contributed by atoms with van der Waals surface area (Å²) in [4.78, 5) is 35.9. The van der Waals surface area contributed by atoms with Gasteiger partial charge in [0.15, 0.2) is 0 Å². The highest BCUT2D eigenvalue weighted by atomic mass is 32.1. The van der Waals surface area contributed by atoms with Crippen molar-refractivity contribution in [1.82, 2.24) is 10.6 Å². The number of nitrogens with one attached hydrogen (secondary N) is 3. The van der Waals surface area contributed by atoms with Gasteiger partial charge in [0.05, 0.1) is 17.8 Å². The van der Waals surface area contributed by atoms with E-state index in [1.54, 1.807) is 35.7 Å². The zero-order chi connectivity index (χ0) is 18.1. The molecule has 0 fully saturated rings. The van der Waals surface area contributed by atoms with E-state index in [0.29, 0.717) is 16.8 Å². The summed E-state index contributed by atoms with van der Waals surface area (Å²) >= 11 is 1.43. The zero-order valence-electron chi connectivity index (χ0n) is 13.4. The fourth-order valence-corrected chi connectivity index (χ4v) is 2.65. The second-order valence-corrected chi connectivity index (χ2v) is 5.78. The highest BCUT2D eigenvalue weighted by molar-refractivity contribution is 7.08. The number of thiophene rings is 1. The molecule has 0 bridgehead atoms. The van der Waals surface area contributed by atoms with Crippen molar-refractivity contribution in [2.45, 2.75) is 6.42 Å². The van der Waals surface area contributed by atoms with E-state index >= 15 is 0 Å². The predicted octanol–water partition coefficient (Wildman–Crippen LogP) is 1.87. The largest absolute Gasteiger partial charge is 0.351 e. The SMILES string of the molecule is C#CCNC(=O)c1ccccc1NC(=O)CCNC(=O)c1ccsc1. The Morgan fingerprint density at radius 3 is 2.60 bits per heavy atom. The van der Waals surface area contributed by atoms with Crippen molar-refractivity contribution in [3.63, 3.8) is 0 Å². The maximum absolute atomic E-state index is 12.0. The molecule has 0 atom stereocenters. The van der Waals surface area contributed by atoms with Crippen LogP contribution in [0.4, 0.5) is 5.69 Å². The van der Waals surface area contributed by atoms with Gasteiger partial charge >= 0.3 is 0 Å². The van der Waals surface area contributed by atoms with Crippen molar-refractivity contribution in [1.29, 1.82) is 0 Å². The van der Waals surface area contributed by atoms with Gasteiger partial charge in [-0.3, -0.25) is 14.4 Å². The fraction of sp³-hybridized carbons (Fsp3) is 0.167. The minimum absolute atomic E-state index is 0.0934. The Morgan fingerprint density at radius 2 is 1.88 bits per heavy atom. The molecule has 0 spiro atoms. The highest BCUT2D eigenvalue weighted by Crippen LogP contribution is 2.15. The number of carbonyl (C=O) groups excluding carboxylic acids is 3. The second kappa shape index (κ2) is 9.25. The van der Waals surface area contributed by atoms with Crippen LogP contribution in [-0.4, -0.2) is 30.8 Å². The molecule has 1 aromatic carbocycles. The maximum Gasteiger partial charge on any atom is 0.254 e. The fourth-order valence-electron chi connectivity index (χ4n) is 2.01. The van der Waals surface area contributed by atoms with E-state index in [4.69, 9.17) is 6.42 Å². The normalized spacial score (nSPS) is 9.72. The standard InChI is InChI=1S/C18H17N3O3S/c1-2-9-19-18(24)14-5-3-4-6-15(14)21-16(22)7-10-20-17(23)13-8-11-25-12-13/h1,3-6,8,11-12H,7,9-10H2,(H,19,24)(H,20,23)(H,21,22). The molecular formula is C18H17N3O3S. The van der Waals surface area contributed by atoms with E-state index in [1.165, 1.54) is 11.3 Å². The molecule has 0 aliphatic heterocycles. The molecule has 128 valence electrons.